The van der Waals surface area contributed by atoms with Gasteiger partial charge in [-0.05, 0) is 61.4 Å². The number of ether oxygens (including phenoxy) is 1. The number of carbonyl (C=O) groups excluding carboxylic acids is 2. The topological polar surface area (TPSA) is 140 Å². The Morgan fingerprint density at radius 3 is 2.60 bits per heavy atom. The quantitative estimate of drug-likeness (QED) is 0.232. The molecule has 1 saturated heterocycles. The summed E-state index contributed by atoms with van der Waals surface area (Å²) in [5.74, 6) is -0.724. The number of nitrogens with one attached hydrogen (secondary N) is 2. The monoisotopic (exact) mass is 606 g/mol. The molecule has 1 aliphatic carbocycles. The van der Waals surface area contributed by atoms with Gasteiger partial charge >= 0.3 is 5.97 Å². The first-order valence-electron chi connectivity index (χ1n) is 15.3. The van der Waals surface area contributed by atoms with Crippen molar-refractivity contribution in [2.24, 2.45) is 7.05 Å². The lowest BCUT2D eigenvalue weighted by molar-refractivity contribution is -0.122. The summed E-state index contributed by atoms with van der Waals surface area (Å²) in [6.45, 7) is 0.356. The van der Waals surface area contributed by atoms with Gasteiger partial charge in [-0.25, -0.2) is 14.5 Å². The van der Waals surface area contributed by atoms with E-state index in [1.54, 1.807) is 54.2 Å². The van der Waals surface area contributed by atoms with Crippen LogP contribution < -0.4 is 10.6 Å². The van der Waals surface area contributed by atoms with Crippen LogP contribution in [0.5, 0.6) is 0 Å². The number of hydrogen-bond donors (Lipinski definition) is 3. The van der Waals surface area contributed by atoms with Crippen molar-refractivity contribution in [1.29, 1.82) is 0 Å². The predicted molar refractivity (Wildman–Crippen MR) is 169 cm³/mol. The Morgan fingerprint density at radius 2 is 1.87 bits per heavy atom. The number of aromatic nitrogens is 4. The Labute approximate surface area is 259 Å². The summed E-state index contributed by atoms with van der Waals surface area (Å²) in [5.41, 5.74) is 2.32. The van der Waals surface area contributed by atoms with Crippen LogP contribution in [0.3, 0.4) is 0 Å². The van der Waals surface area contributed by atoms with E-state index in [1.165, 1.54) is 19.3 Å². The van der Waals surface area contributed by atoms with Gasteiger partial charge in [0.2, 0.25) is 0 Å². The van der Waals surface area contributed by atoms with Crippen LogP contribution in [0.1, 0.15) is 71.0 Å². The summed E-state index contributed by atoms with van der Waals surface area (Å²) in [7, 11) is 1.68. The maximum atomic E-state index is 13.7. The molecular weight excluding hydrogens is 572 g/mol. The minimum Gasteiger partial charge on any atom is -0.477 e. The van der Waals surface area contributed by atoms with E-state index in [0.717, 1.165) is 35.3 Å². The van der Waals surface area contributed by atoms with Crippen LogP contribution in [-0.2, 0) is 16.6 Å². The molecule has 0 spiro atoms. The molecule has 0 bridgehead atoms. The van der Waals surface area contributed by atoms with Crippen molar-refractivity contribution in [1.82, 2.24) is 24.6 Å². The second-order valence-corrected chi connectivity index (χ2v) is 12.0. The summed E-state index contributed by atoms with van der Waals surface area (Å²) in [6, 6.07) is 18.0. The van der Waals surface area contributed by atoms with Gasteiger partial charge in [-0.2, -0.15) is 5.10 Å². The second-order valence-electron chi connectivity index (χ2n) is 12.0. The van der Waals surface area contributed by atoms with Crippen molar-refractivity contribution >= 4 is 45.3 Å². The molecule has 2 amide bonds. The summed E-state index contributed by atoms with van der Waals surface area (Å²) in [5, 5.41) is 22.0. The summed E-state index contributed by atoms with van der Waals surface area (Å²) in [6.07, 6.45) is 7.83. The largest absolute Gasteiger partial charge is 0.477 e. The van der Waals surface area contributed by atoms with Crippen LogP contribution >= 0.6 is 0 Å². The van der Waals surface area contributed by atoms with Crippen molar-refractivity contribution < 1.29 is 24.2 Å². The third-order valence-corrected chi connectivity index (χ3v) is 9.16. The summed E-state index contributed by atoms with van der Waals surface area (Å²) in [4.78, 5) is 43.5. The molecular formula is C34H34N6O5. The van der Waals surface area contributed by atoms with Gasteiger partial charge in [-0.15, -0.1) is 0 Å². The highest BCUT2D eigenvalue weighted by Crippen LogP contribution is 2.38. The molecule has 1 aliphatic heterocycles. The molecule has 0 radical (unpaired) electrons. The van der Waals surface area contributed by atoms with Crippen LogP contribution in [-0.4, -0.2) is 61.0 Å². The molecule has 0 unspecified atom stereocenters. The highest BCUT2D eigenvalue weighted by Gasteiger charge is 2.44. The maximum Gasteiger partial charge on any atom is 0.352 e. The van der Waals surface area contributed by atoms with Gasteiger partial charge in [-0.1, -0.05) is 31.4 Å². The number of carboxylic acid groups (broad SMARTS) is 1. The number of fused-ring (bicyclic) bond motifs is 2. The number of carbonyl (C=O) groups is 3. The zero-order valence-corrected chi connectivity index (χ0v) is 25.0. The Balaban J connectivity index is 1.16. The van der Waals surface area contributed by atoms with E-state index in [2.05, 4.69) is 15.6 Å². The van der Waals surface area contributed by atoms with Crippen molar-refractivity contribution in [2.75, 3.05) is 18.5 Å². The number of pyridine rings is 1. The van der Waals surface area contributed by atoms with Crippen molar-refractivity contribution in [3.63, 3.8) is 0 Å². The molecule has 2 aliphatic rings. The summed E-state index contributed by atoms with van der Waals surface area (Å²) < 4.78 is 9.12. The number of anilines is 1. The minimum atomic E-state index is -1.27. The first kappa shape index (κ1) is 28.7. The van der Waals surface area contributed by atoms with Gasteiger partial charge in [-0.3, -0.25) is 9.59 Å². The Bertz CT molecular complexity index is 1930. The number of rotatable bonds is 7. The van der Waals surface area contributed by atoms with Gasteiger partial charge in [0.05, 0.1) is 17.8 Å². The van der Waals surface area contributed by atoms with Crippen molar-refractivity contribution in [3.05, 3.63) is 83.8 Å². The second kappa shape index (κ2) is 11.5. The molecule has 1 saturated carbocycles. The molecule has 3 aromatic heterocycles. The van der Waals surface area contributed by atoms with E-state index < -0.39 is 23.3 Å². The number of aryl methyl sites for hydroxylation is 1. The Hall–Kier alpha value is -5.03. The van der Waals surface area contributed by atoms with Crippen molar-refractivity contribution in [2.45, 2.75) is 50.0 Å². The first-order chi connectivity index (χ1) is 21.8. The number of benzene rings is 2. The Morgan fingerprint density at radius 1 is 1.02 bits per heavy atom. The fourth-order valence-corrected chi connectivity index (χ4v) is 6.74. The standard InChI is InChI=1S/C34H34N6O5/c1-39-27-13-11-24(17-23(27)19-28(39)32(42)43)36-33(44)34(14-16-45-20-34)37-31(41)22-10-12-25-26(18-22)38-40(29-9-5-6-15-35-29)30(25)21-7-3-2-4-8-21/h5-6,9-13,15,17-19,21H,2-4,7-8,14,16,20H2,1H3,(H,36,44)(H,37,41)(H,42,43)/t34-/m0/s1. The average Bonchev–Trinajstić information content (AvgIpc) is 3.77. The predicted octanol–water partition coefficient (Wildman–Crippen LogP) is 5.19. The van der Waals surface area contributed by atoms with E-state index in [-0.39, 0.29) is 12.3 Å². The number of aromatic carboxylic acids is 1. The van der Waals surface area contributed by atoms with Crippen LogP contribution in [0.25, 0.3) is 27.6 Å². The molecule has 7 rings (SSSR count). The molecule has 3 N–H and O–H groups in total. The molecule has 1 atom stereocenters. The van der Waals surface area contributed by atoms with E-state index in [1.807, 2.05) is 28.9 Å². The van der Waals surface area contributed by atoms with E-state index in [0.29, 0.717) is 41.1 Å². The molecule has 2 fully saturated rings. The maximum absolute atomic E-state index is 13.7. The average molecular weight is 607 g/mol. The van der Waals surface area contributed by atoms with Crippen molar-refractivity contribution in [3.8, 4) is 5.82 Å². The lowest BCUT2D eigenvalue weighted by atomic mass is 9.85. The van der Waals surface area contributed by atoms with E-state index in [9.17, 15) is 19.5 Å². The van der Waals surface area contributed by atoms with Gasteiger partial charge in [0.25, 0.3) is 11.8 Å². The number of nitrogens with zero attached hydrogens (tertiary/aromatic N) is 4. The highest BCUT2D eigenvalue weighted by molar-refractivity contribution is 6.06. The molecule has 45 heavy (non-hydrogen) atoms. The van der Waals surface area contributed by atoms with Crippen LogP contribution in [0.4, 0.5) is 5.69 Å². The lowest BCUT2D eigenvalue weighted by Crippen LogP contribution is -2.57. The van der Waals surface area contributed by atoms with E-state index >= 15 is 0 Å². The van der Waals surface area contributed by atoms with Gasteiger partial charge < -0.3 is 25.0 Å². The van der Waals surface area contributed by atoms with Gasteiger partial charge in [0, 0.05) is 59.7 Å². The number of amides is 2. The first-order valence-corrected chi connectivity index (χ1v) is 15.3. The normalized spacial score (nSPS) is 18.8. The van der Waals surface area contributed by atoms with Gasteiger partial charge in [0.15, 0.2) is 5.82 Å². The van der Waals surface area contributed by atoms with Crippen LogP contribution in [0.15, 0.2) is 66.9 Å². The fraction of sp³-hybridized carbons (Fsp3) is 0.324. The number of carboxylic acids is 1. The third kappa shape index (κ3) is 5.22. The molecule has 11 heteroatoms. The van der Waals surface area contributed by atoms with E-state index in [4.69, 9.17) is 9.84 Å². The zero-order chi connectivity index (χ0) is 31.1. The minimum absolute atomic E-state index is 0.0314. The zero-order valence-electron chi connectivity index (χ0n) is 25.0. The molecule has 5 aromatic rings. The van der Waals surface area contributed by atoms with Gasteiger partial charge in [0.1, 0.15) is 11.2 Å². The Kier molecular flexibility index (Phi) is 7.33. The SMILES string of the molecule is Cn1c(C(=O)O)cc2cc(NC(=O)[C@]3(NC(=O)c4ccc5c(C6CCCCC6)n(-c6ccccn6)nc5c4)CCOC3)ccc21. The number of hydrogen-bond acceptors (Lipinski definition) is 6. The third-order valence-electron chi connectivity index (χ3n) is 9.16. The van der Waals surface area contributed by atoms with Crippen LogP contribution in [0, 0.1) is 0 Å². The molecule has 2 aromatic carbocycles. The fourth-order valence-electron chi connectivity index (χ4n) is 6.74. The molecule has 230 valence electrons. The summed E-state index contributed by atoms with van der Waals surface area (Å²) >= 11 is 0. The molecule has 4 heterocycles. The molecule has 11 nitrogen and oxygen atoms in total. The smallest absolute Gasteiger partial charge is 0.352 e. The lowest BCUT2D eigenvalue weighted by Gasteiger charge is -2.27. The highest BCUT2D eigenvalue weighted by atomic mass is 16.5. The van der Waals surface area contributed by atoms with Crippen LogP contribution in [0.2, 0.25) is 0 Å².